The van der Waals surface area contributed by atoms with Crippen LogP contribution in [0.25, 0.3) is 0 Å². The molecule has 2 rings (SSSR count). The van der Waals surface area contributed by atoms with Gasteiger partial charge in [0.05, 0.1) is 0 Å². The molecule has 2 atom stereocenters. The lowest BCUT2D eigenvalue weighted by Gasteiger charge is -2.13. The van der Waals surface area contributed by atoms with Crippen molar-refractivity contribution in [2.75, 3.05) is 11.9 Å². The zero-order valence-electron chi connectivity index (χ0n) is 13.6. The van der Waals surface area contributed by atoms with Gasteiger partial charge in [-0.2, -0.15) is 0 Å². The Bertz CT molecular complexity index is 610. The first-order valence-electron chi connectivity index (χ1n) is 8.10. The molecule has 0 aromatic heterocycles. The summed E-state index contributed by atoms with van der Waals surface area (Å²) in [5.74, 6) is -1.27. The van der Waals surface area contributed by atoms with E-state index < -0.39 is 11.8 Å². The number of hydrogen-bond acceptors (Lipinski definition) is 3. The molecule has 0 saturated carbocycles. The fraction of sp³-hybridized carbons (Fsp3) is 0.444. The van der Waals surface area contributed by atoms with Crippen molar-refractivity contribution in [3.05, 3.63) is 41.5 Å². The molecule has 0 heterocycles. The number of carbonyl (C=O) groups is 2. The van der Waals surface area contributed by atoms with Crippen LogP contribution in [0.5, 0.6) is 0 Å². The first-order chi connectivity index (χ1) is 11.1. The molecule has 23 heavy (non-hydrogen) atoms. The highest BCUT2D eigenvalue weighted by molar-refractivity contribution is 6.39. The van der Waals surface area contributed by atoms with E-state index in [1.807, 2.05) is 30.4 Å². The molecule has 3 N–H and O–H groups in total. The second kappa shape index (κ2) is 7.92. The summed E-state index contributed by atoms with van der Waals surface area (Å²) in [6.45, 7) is 4.21. The Morgan fingerprint density at radius 3 is 2.48 bits per heavy atom. The Labute approximate surface area is 136 Å². The zero-order valence-corrected chi connectivity index (χ0v) is 13.6. The van der Waals surface area contributed by atoms with Crippen molar-refractivity contribution in [2.24, 2.45) is 5.92 Å². The third kappa shape index (κ3) is 4.42. The lowest BCUT2D eigenvalue weighted by molar-refractivity contribution is -0.136. The van der Waals surface area contributed by atoms with Gasteiger partial charge in [0.15, 0.2) is 0 Å². The summed E-state index contributed by atoms with van der Waals surface area (Å²) in [6.07, 6.45) is 6.13. The molecule has 1 aromatic rings. The molecule has 0 unspecified atom stereocenters. The number of rotatable bonds is 5. The molecule has 1 aliphatic rings. The minimum Gasteiger partial charge on any atom is -0.396 e. The molecule has 1 aromatic carbocycles. The summed E-state index contributed by atoms with van der Waals surface area (Å²) in [7, 11) is 0. The lowest BCUT2D eigenvalue weighted by Crippen LogP contribution is -2.40. The second-order valence-electron chi connectivity index (χ2n) is 5.79. The van der Waals surface area contributed by atoms with E-state index in [4.69, 9.17) is 5.11 Å². The maximum absolute atomic E-state index is 12.0. The molecule has 0 aliphatic heterocycles. The van der Waals surface area contributed by atoms with E-state index in [0.29, 0.717) is 12.1 Å². The van der Waals surface area contributed by atoms with Gasteiger partial charge in [0.2, 0.25) is 0 Å². The Hall–Kier alpha value is -2.14. The average molecular weight is 316 g/mol. The predicted molar refractivity (Wildman–Crippen MR) is 90.1 cm³/mol. The van der Waals surface area contributed by atoms with Gasteiger partial charge in [0.25, 0.3) is 0 Å². The second-order valence-corrected chi connectivity index (χ2v) is 5.79. The third-order valence-corrected chi connectivity index (χ3v) is 4.16. The molecular formula is C18H24N2O3. The number of amides is 2. The van der Waals surface area contributed by atoms with Crippen LogP contribution in [0, 0.1) is 5.92 Å². The highest BCUT2D eigenvalue weighted by Gasteiger charge is 2.23. The molecule has 0 radical (unpaired) electrons. The van der Waals surface area contributed by atoms with Gasteiger partial charge in [-0.3, -0.25) is 9.59 Å². The van der Waals surface area contributed by atoms with Gasteiger partial charge in [0.1, 0.15) is 0 Å². The van der Waals surface area contributed by atoms with Crippen molar-refractivity contribution >= 4 is 17.5 Å². The van der Waals surface area contributed by atoms with Crippen molar-refractivity contribution in [1.82, 2.24) is 5.32 Å². The monoisotopic (exact) mass is 316 g/mol. The number of hydrogen-bond donors (Lipinski definition) is 3. The smallest absolute Gasteiger partial charge is 0.313 e. The maximum Gasteiger partial charge on any atom is 0.313 e. The number of anilines is 1. The number of benzene rings is 1. The fourth-order valence-electron chi connectivity index (χ4n) is 2.82. The van der Waals surface area contributed by atoms with Crippen LogP contribution in [0.1, 0.15) is 31.4 Å². The Balaban J connectivity index is 1.93. The van der Waals surface area contributed by atoms with E-state index in [1.165, 1.54) is 11.1 Å². The highest BCUT2D eigenvalue weighted by atomic mass is 16.3. The molecule has 0 saturated heterocycles. The topological polar surface area (TPSA) is 78.4 Å². The van der Waals surface area contributed by atoms with Crippen molar-refractivity contribution in [3.63, 3.8) is 0 Å². The minimum absolute atomic E-state index is 0.0528. The van der Waals surface area contributed by atoms with Gasteiger partial charge < -0.3 is 15.7 Å². The van der Waals surface area contributed by atoms with Crippen LogP contribution in [-0.2, 0) is 22.4 Å². The van der Waals surface area contributed by atoms with Crippen LogP contribution in [0.4, 0.5) is 5.69 Å². The highest BCUT2D eigenvalue weighted by Crippen LogP contribution is 2.18. The normalized spacial score (nSPS) is 19.6. The number of carbonyl (C=O) groups excluding carboxylic acids is 2. The van der Waals surface area contributed by atoms with Gasteiger partial charge >= 0.3 is 11.8 Å². The summed E-state index contributed by atoms with van der Waals surface area (Å²) in [5, 5.41) is 14.4. The van der Waals surface area contributed by atoms with Crippen LogP contribution in [0.15, 0.2) is 30.4 Å². The molecule has 0 bridgehead atoms. The van der Waals surface area contributed by atoms with E-state index >= 15 is 0 Å². The van der Waals surface area contributed by atoms with Crippen LogP contribution < -0.4 is 10.6 Å². The molecule has 5 nitrogen and oxygen atoms in total. The summed E-state index contributed by atoms with van der Waals surface area (Å²) >= 11 is 0. The van der Waals surface area contributed by atoms with E-state index in [-0.39, 0.29) is 18.6 Å². The minimum atomic E-state index is -0.669. The summed E-state index contributed by atoms with van der Waals surface area (Å²) in [5.41, 5.74) is 3.06. The fourth-order valence-corrected chi connectivity index (χ4v) is 2.82. The van der Waals surface area contributed by atoms with E-state index in [2.05, 4.69) is 24.5 Å². The standard InChI is InChI=1S/C18H24N2O3/c1-3-13-6-8-16(10-14(13)4-2)20-18(23)17(22)19-15-7-5-12(9-15)11-21/h5-8,10,12,15,21H,3-4,9,11H2,1-2H3,(H,19,22)(H,20,23)/t12-,15+/m0/s1. The number of aliphatic hydroxyl groups excluding tert-OH is 1. The van der Waals surface area contributed by atoms with Gasteiger partial charge in [-0.15, -0.1) is 0 Å². The SMILES string of the molecule is CCc1ccc(NC(=O)C(=O)N[C@@H]2C=C[C@H](CO)C2)cc1CC. The van der Waals surface area contributed by atoms with Crippen molar-refractivity contribution in [1.29, 1.82) is 0 Å². The van der Waals surface area contributed by atoms with Gasteiger partial charge in [-0.25, -0.2) is 0 Å². The van der Waals surface area contributed by atoms with E-state index in [1.54, 1.807) is 0 Å². The van der Waals surface area contributed by atoms with Crippen LogP contribution in [-0.4, -0.2) is 29.6 Å². The zero-order chi connectivity index (χ0) is 16.8. The lowest BCUT2D eigenvalue weighted by atomic mass is 10.0. The summed E-state index contributed by atoms with van der Waals surface area (Å²) in [6, 6.07) is 5.53. The average Bonchev–Trinajstić information content (AvgIpc) is 3.02. The van der Waals surface area contributed by atoms with Crippen molar-refractivity contribution < 1.29 is 14.7 Å². The number of nitrogens with one attached hydrogen (secondary N) is 2. The number of aryl methyl sites for hydroxylation is 2. The van der Waals surface area contributed by atoms with Gasteiger partial charge in [-0.1, -0.05) is 32.1 Å². The third-order valence-electron chi connectivity index (χ3n) is 4.16. The van der Waals surface area contributed by atoms with Crippen LogP contribution in [0.2, 0.25) is 0 Å². The van der Waals surface area contributed by atoms with Crippen LogP contribution in [0.3, 0.4) is 0 Å². The maximum atomic E-state index is 12.0. The molecule has 1 aliphatic carbocycles. The first kappa shape index (κ1) is 17.2. The van der Waals surface area contributed by atoms with Crippen LogP contribution >= 0.6 is 0 Å². The molecule has 124 valence electrons. The van der Waals surface area contributed by atoms with E-state index in [0.717, 1.165) is 12.8 Å². The summed E-state index contributed by atoms with van der Waals surface area (Å²) in [4.78, 5) is 24.0. The summed E-state index contributed by atoms with van der Waals surface area (Å²) < 4.78 is 0. The Morgan fingerprint density at radius 2 is 1.87 bits per heavy atom. The molecule has 2 amide bonds. The van der Waals surface area contributed by atoms with Crippen molar-refractivity contribution in [2.45, 2.75) is 39.2 Å². The molecule has 0 fully saturated rings. The molecule has 0 spiro atoms. The molecular weight excluding hydrogens is 292 g/mol. The quantitative estimate of drug-likeness (QED) is 0.572. The molecule has 5 heteroatoms. The Kier molecular flexibility index (Phi) is 5.93. The largest absolute Gasteiger partial charge is 0.396 e. The van der Waals surface area contributed by atoms with Gasteiger partial charge in [0, 0.05) is 24.3 Å². The predicted octanol–water partition coefficient (Wildman–Crippen LogP) is 1.80. The Morgan fingerprint density at radius 1 is 1.13 bits per heavy atom. The van der Waals surface area contributed by atoms with Crippen molar-refractivity contribution in [3.8, 4) is 0 Å². The first-order valence-corrected chi connectivity index (χ1v) is 8.10. The van der Waals surface area contributed by atoms with Gasteiger partial charge in [-0.05, 0) is 42.5 Å². The van der Waals surface area contributed by atoms with E-state index in [9.17, 15) is 9.59 Å². The number of aliphatic hydroxyl groups is 1.